The molecule has 5 nitrogen and oxygen atoms in total. The monoisotopic (exact) mass is 219 g/mol. The van der Waals surface area contributed by atoms with Gasteiger partial charge in [0.1, 0.15) is 0 Å². The lowest BCUT2D eigenvalue weighted by molar-refractivity contribution is 0.296. The normalized spacial score (nSPS) is 25.9. The molecular formula is C11H17N5. The van der Waals surface area contributed by atoms with E-state index in [2.05, 4.69) is 31.6 Å². The summed E-state index contributed by atoms with van der Waals surface area (Å²) in [5.41, 5.74) is 1.50. The third-order valence-electron chi connectivity index (χ3n) is 3.55. The molecule has 0 radical (unpaired) electrons. The number of hydrogen-bond acceptors (Lipinski definition) is 4. The lowest BCUT2D eigenvalue weighted by Gasteiger charge is -2.29. The van der Waals surface area contributed by atoms with Gasteiger partial charge in [-0.2, -0.15) is 5.21 Å². The van der Waals surface area contributed by atoms with E-state index in [1.165, 1.54) is 37.8 Å². The van der Waals surface area contributed by atoms with Crippen molar-refractivity contribution in [3.8, 4) is 0 Å². The van der Waals surface area contributed by atoms with Crippen molar-refractivity contribution in [1.82, 2.24) is 25.5 Å². The fourth-order valence-electron chi connectivity index (χ4n) is 2.77. The van der Waals surface area contributed by atoms with Gasteiger partial charge in [-0.05, 0) is 38.5 Å². The van der Waals surface area contributed by atoms with Crippen LogP contribution < -0.4 is 0 Å². The Morgan fingerprint density at radius 1 is 1.31 bits per heavy atom. The van der Waals surface area contributed by atoms with Gasteiger partial charge >= 0.3 is 0 Å². The largest absolute Gasteiger partial charge is 0.365 e. The van der Waals surface area contributed by atoms with Gasteiger partial charge in [-0.3, -0.25) is 0 Å². The maximum absolute atomic E-state index is 4.13. The molecule has 0 amide bonds. The van der Waals surface area contributed by atoms with E-state index < -0.39 is 0 Å². The predicted octanol–water partition coefficient (Wildman–Crippen LogP) is 1.79. The van der Waals surface area contributed by atoms with Crippen molar-refractivity contribution in [2.24, 2.45) is 0 Å². The lowest BCUT2D eigenvalue weighted by Crippen LogP contribution is -2.24. The molecule has 1 N–H and O–H groups in total. The van der Waals surface area contributed by atoms with Crippen LogP contribution in [0.4, 0.5) is 0 Å². The van der Waals surface area contributed by atoms with E-state index in [0.717, 1.165) is 18.8 Å². The van der Waals surface area contributed by atoms with Crippen LogP contribution in [0.1, 0.15) is 50.4 Å². The number of tetrazole rings is 1. The third kappa shape index (κ3) is 1.70. The Balaban J connectivity index is 1.81. The highest BCUT2D eigenvalue weighted by atomic mass is 15.5. The molecule has 2 heterocycles. The molecule has 0 saturated carbocycles. The number of likely N-dealkylation sites (tertiary alicyclic amines) is 1. The number of aromatic amines is 1. The summed E-state index contributed by atoms with van der Waals surface area (Å²) >= 11 is 0. The molecule has 86 valence electrons. The number of nitrogens with zero attached hydrogens (tertiary/aromatic N) is 4. The van der Waals surface area contributed by atoms with Gasteiger partial charge < -0.3 is 4.90 Å². The first-order chi connectivity index (χ1) is 7.95. The van der Waals surface area contributed by atoms with Gasteiger partial charge in [0.05, 0.1) is 6.04 Å². The number of rotatable bonds is 2. The molecule has 1 aromatic heterocycles. The summed E-state index contributed by atoms with van der Waals surface area (Å²) in [4.78, 5) is 2.48. The summed E-state index contributed by atoms with van der Waals surface area (Å²) in [6.45, 7) is 1.14. The molecule has 0 aromatic carbocycles. The first-order valence-electron chi connectivity index (χ1n) is 6.14. The minimum Gasteiger partial charge on any atom is -0.365 e. The number of hydrogen-bond donors (Lipinski definition) is 1. The maximum atomic E-state index is 4.13. The van der Waals surface area contributed by atoms with Crippen LogP contribution in [0.25, 0.3) is 0 Å². The Morgan fingerprint density at radius 2 is 2.31 bits per heavy atom. The molecule has 5 heteroatoms. The van der Waals surface area contributed by atoms with Gasteiger partial charge in [0.25, 0.3) is 0 Å². The number of allylic oxidation sites excluding steroid dienone is 2. The second kappa shape index (κ2) is 4.23. The molecule has 0 unspecified atom stereocenters. The van der Waals surface area contributed by atoms with Gasteiger partial charge in [-0.1, -0.05) is 11.3 Å². The zero-order chi connectivity index (χ0) is 10.8. The fourth-order valence-corrected chi connectivity index (χ4v) is 2.77. The molecule has 3 rings (SSSR count). The molecule has 1 atom stereocenters. The minimum absolute atomic E-state index is 0.350. The standard InChI is InChI=1S/C11H17N5/c1-2-5-9(6-3-1)16-8-4-7-10(16)11-12-14-15-13-11/h5,10H,1-4,6-8H2,(H,12,13,14,15)/t10-/m0/s1. The maximum Gasteiger partial charge on any atom is 0.196 e. The van der Waals surface area contributed by atoms with Crippen molar-refractivity contribution in [3.63, 3.8) is 0 Å². The summed E-state index contributed by atoms with van der Waals surface area (Å²) in [7, 11) is 0. The Morgan fingerprint density at radius 3 is 3.06 bits per heavy atom. The average molecular weight is 219 g/mol. The van der Waals surface area contributed by atoms with Crippen LogP contribution >= 0.6 is 0 Å². The van der Waals surface area contributed by atoms with Crippen molar-refractivity contribution in [3.05, 3.63) is 17.6 Å². The molecule has 2 aliphatic rings. The summed E-state index contributed by atoms with van der Waals surface area (Å²) in [5, 5.41) is 14.5. The molecule has 1 saturated heterocycles. The van der Waals surface area contributed by atoms with E-state index in [1.807, 2.05) is 0 Å². The first-order valence-corrected chi connectivity index (χ1v) is 6.14. The Labute approximate surface area is 94.9 Å². The van der Waals surface area contributed by atoms with Crippen molar-refractivity contribution in [2.45, 2.75) is 44.6 Å². The molecule has 1 aliphatic heterocycles. The van der Waals surface area contributed by atoms with Gasteiger partial charge in [-0.15, -0.1) is 10.2 Å². The Kier molecular flexibility index (Phi) is 2.60. The first kappa shape index (κ1) is 9.81. The third-order valence-corrected chi connectivity index (χ3v) is 3.55. The predicted molar refractivity (Wildman–Crippen MR) is 59.4 cm³/mol. The zero-order valence-corrected chi connectivity index (χ0v) is 9.39. The van der Waals surface area contributed by atoms with E-state index in [1.54, 1.807) is 0 Å². The van der Waals surface area contributed by atoms with E-state index in [4.69, 9.17) is 0 Å². The lowest BCUT2D eigenvalue weighted by atomic mass is 10.0. The second-order valence-electron chi connectivity index (χ2n) is 4.56. The summed E-state index contributed by atoms with van der Waals surface area (Å²) in [6, 6.07) is 0.350. The molecule has 1 aliphatic carbocycles. The number of nitrogens with one attached hydrogen (secondary N) is 1. The molecule has 0 spiro atoms. The minimum atomic E-state index is 0.350. The van der Waals surface area contributed by atoms with E-state index in [9.17, 15) is 0 Å². The van der Waals surface area contributed by atoms with Crippen LogP contribution in [0.15, 0.2) is 11.8 Å². The molecular weight excluding hydrogens is 202 g/mol. The average Bonchev–Trinajstić information content (AvgIpc) is 3.01. The molecule has 1 fully saturated rings. The van der Waals surface area contributed by atoms with Gasteiger partial charge in [0.15, 0.2) is 5.82 Å². The quantitative estimate of drug-likeness (QED) is 0.824. The van der Waals surface area contributed by atoms with E-state index >= 15 is 0 Å². The van der Waals surface area contributed by atoms with Crippen LogP contribution in [-0.2, 0) is 0 Å². The van der Waals surface area contributed by atoms with Crippen LogP contribution in [0.2, 0.25) is 0 Å². The molecule has 0 bridgehead atoms. The smallest absolute Gasteiger partial charge is 0.196 e. The summed E-state index contributed by atoms with van der Waals surface area (Å²) in [6.07, 6.45) is 9.87. The van der Waals surface area contributed by atoms with Gasteiger partial charge in [0, 0.05) is 12.2 Å². The van der Waals surface area contributed by atoms with Crippen molar-refractivity contribution in [1.29, 1.82) is 0 Å². The van der Waals surface area contributed by atoms with E-state index in [0.29, 0.717) is 6.04 Å². The summed E-state index contributed by atoms with van der Waals surface area (Å²) in [5.74, 6) is 0.851. The van der Waals surface area contributed by atoms with Gasteiger partial charge in [-0.25, -0.2) is 0 Å². The SMILES string of the molecule is C1=C(N2CCC[C@H]2c2nn[nH]n2)CCCC1. The van der Waals surface area contributed by atoms with Crippen molar-refractivity contribution >= 4 is 0 Å². The van der Waals surface area contributed by atoms with E-state index in [-0.39, 0.29) is 0 Å². The second-order valence-corrected chi connectivity index (χ2v) is 4.56. The molecule has 1 aromatic rings. The van der Waals surface area contributed by atoms with Gasteiger partial charge in [0.2, 0.25) is 0 Å². The topological polar surface area (TPSA) is 57.7 Å². The zero-order valence-electron chi connectivity index (χ0n) is 9.39. The van der Waals surface area contributed by atoms with Crippen LogP contribution in [0, 0.1) is 0 Å². The Hall–Kier alpha value is -1.39. The number of H-pyrrole nitrogens is 1. The van der Waals surface area contributed by atoms with Crippen LogP contribution in [0.3, 0.4) is 0 Å². The number of aromatic nitrogens is 4. The highest BCUT2D eigenvalue weighted by molar-refractivity contribution is 5.10. The van der Waals surface area contributed by atoms with Crippen LogP contribution in [0.5, 0.6) is 0 Å². The fraction of sp³-hybridized carbons (Fsp3) is 0.727. The van der Waals surface area contributed by atoms with Crippen LogP contribution in [-0.4, -0.2) is 32.1 Å². The summed E-state index contributed by atoms with van der Waals surface area (Å²) < 4.78 is 0. The highest BCUT2D eigenvalue weighted by Gasteiger charge is 2.30. The molecule has 16 heavy (non-hydrogen) atoms. The van der Waals surface area contributed by atoms with Crippen molar-refractivity contribution in [2.75, 3.05) is 6.54 Å². The van der Waals surface area contributed by atoms with Crippen molar-refractivity contribution < 1.29 is 0 Å². The highest BCUT2D eigenvalue weighted by Crippen LogP contribution is 2.35. The Bertz CT molecular complexity index is 370.